The molecule has 1 saturated heterocycles. The van der Waals surface area contributed by atoms with Crippen molar-refractivity contribution in [2.24, 2.45) is 0 Å². The second-order valence-corrected chi connectivity index (χ2v) is 10.3. The number of alkyl halides is 2. The van der Waals surface area contributed by atoms with Crippen molar-refractivity contribution < 1.29 is 13.5 Å². The predicted molar refractivity (Wildman–Crippen MR) is 142 cm³/mol. The molecule has 5 aromatic rings. The van der Waals surface area contributed by atoms with Crippen LogP contribution in [0.3, 0.4) is 0 Å². The normalized spacial score (nSPS) is 15.1. The predicted octanol–water partition coefficient (Wildman–Crippen LogP) is 5.46. The third-order valence-corrected chi connectivity index (χ3v) is 8.00. The van der Waals surface area contributed by atoms with E-state index in [1.807, 2.05) is 0 Å². The van der Waals surface area contributed by atoms with Gasteiger partial charge < -0.3 is 14.6 Å². The van der Waals surface area contributed by atoms with E-state index >= 15 is 0 Å². The molecule has 3 aromatic heterocycles. The van der Waals surface area contributed by atoms with Crippen LogP contribution in [0.1, 0.15) is 6.42 Å². The highest BCUT2D eigenvalue weighted by molar-refractivity contribution is 7.22. The van der Waals surface area contributed by atoms with Crippen molar-refractivity contribution in [3.63, 3.8) is 0 Å². The highest BCUT2D eigenvalue weighted by atomic mass is 35.5. The highest BCUT2D eigenvalue weighted by Gasteiger charge is 2.38. The number of ether oxygens (including phenoxy) is 1. The summed E-state index contributed by atoms with van der Waals surface area (Å²) in [5.41, 5.74) is 0.778. The average Bonchev–Trinajstić information content (AvgIpc) is 3.47. The number of methoxy groups -OCH3 is 1. The van der Waals surface area contributed by atoms with Crippen molar-refractivity contribution in [1.29, 1.82) is 0 Å². The molecule has 1 N–H and O–H groups in total. The lowest BCUT2D eigenvalue weighted by Gasteiger charge is -2.19. The van der Waals surface area contributed by atoms with Gasteiger partial charge in [-0.2, -0.15) is 0 Å². The summed E-state index contributed by atoms with van der Waals surface area (Å²) in [6, 6.07) is 12.1. The van der Waals surface area contributed by atoms with Gasteiger partial charge in [-0.1, -0.05) is 17.7 Å². The molecule has 1 fully saturated rings. The molecule has 188 valence electrons. The topological polar surface area (TPSA) is 80.2 Å². The maximum Gasteiger partial charge on any atom is 0.333 e. The van der Waals surface area contributed by atoms with Gasteiger partial charge >= 0.3 is 5.69 Å². The van der Waals surface area contributed by atoms with E-state index < -0.39 is 17.2 Å². The van der Waals surface area contributed by atoms with Gasteiger partial charge in [0, 0.05) is 51.1 Å². The smallest absolute Gasteiger partial charge is 0.333 e. The lowest BCUT2D eigenvalue weighted by Crippen LogP contribution is -2.33. The average molecular weight is 541 g/mol. The number of hydrogen-bond acceptors (Lipinski definition) is 6. The van der Waals surface area contributed by atoms with Crippen molar-refractivity contribution >= 4 is 49.6 Å². The number of pyridine rings is 1. The van der Waals surface area contributed by atoms with E-state index in [1.54, 1.807) is 60.7 Å². The summed E-state index contributed by atoms with van der Waals surface area (Å²) in [5.74, 6) is -2.14. The summed E-state index contributed by atoms with van der Waals surface area (Å²) in [6.07, 6.45) is 2.82. The molecule has 0 bridgehead atoms. The Morgan fingerprint density at radius 1 is 1.14 bits per heavy atom. The minimum atomic E-state index is -2.75. The Labute approximate surface area is 217 Å². The molecule has 2 aromatic carbocycles. The van der Waals surface area contributed by atoms with E-state index in [4.69, 9.17) is 16.3 Å². The van der Waals surface area contributed by atoms with Crippen molar-refractivity contribution in [2.75, 3.05) is 25.1 Å². The maximum absolute atomic E-state index is 13.8. The van der Waals surface area contributed by atoms with Crippen LogP contribution >= 0.6 is 22.9 Å². The number of thiophene rings is 1. The fraction of sp³-hybridized carbons (Fsp3) is 0.192. The largest absolute Gasteiger partial charge is 0.497 e. The second-order valence-electron chi connectivity index (χ2n) is 8.86. The van der Waals surface area contributed by atoms with Gasteiger partial charge in [-0.15, -0.1) is 11.3 Å². The van der Waals surface area contributed by atoms with Gasteiger partial charge in [0.15, 0.2) is 0 Å². The summed E-state index contributed by atoms with van der Waals surface area (Å²) in [4.78, 5) is 36.1. The fourth-order valence-corrected chi connectivity index (χ4v) is 6.00. The second kappa shape index (κ2) is 8.67. The summed E-state index contributed by atoms with van der Waals surface area (Å²) in [7, 11) is 1.55. The Kier molecular flexibility index (Phi) is 5.54. The minimum absolute atomic E-state index is 0.218. The van der Waals surface area contributed by atoms with Crippen molar-refractivity contribution in [3.05, 3.63) is 80.7 Å². The molecule has 0 aliphatic carbocycles. The van der Waals surface area contributed by atoms with Crippen LogP contribution in [-0.2, 0) is 0 Å². The first-order valence-corrected chi connectivity index (χ1v) is 12.6. The first-order chi connectivity index (χ1) is 17.7. The number of rotatable bonds is 4. The van der Waals surface area contributed by atoms with Crippen LogP contribution in [0.2, 0.25) is 5.02 Å². The van der Waals surface area contributed by atoms with Crippen LogP contribution in [0.4, 0.5) is 14.5 Å². The first-order valence-electron chi connectivity index (χ1n) is 11.4. The zero-order valence-corrected chi connectivity index (χ0v) is 21.0. The van der Waals surface area contributed by atoms with Gasteiger partial charge in [0.2, 0.25) is 0 Å². The quantitative estimate of drug-likeness (QED) is 0.327. The molecule has 0 radical (unpaired) electrons. The molecule has 6 rings (SSSR count). The highest BCUT2D eigenvalue weighted by Crippen LogP contribution is 2.37. The number of fused-ring (bicyclic) bond motifs is 2. The maximum atomic E-state index is 13.8. The molecule has 7 nitrogen and oxygen atoms in total. The van der Waals surface area contributed by atoms with Crippen LogP contribution in [0.25, 0.3) is 37.1 Å². The number of aromatic nitrogens is 3. The first kappa shape index (κ1) is 23.6. The Morgan fingerprint density at radius 3 is 2.73 bits per heavy atom. The third-order valence-electron chi connectivity index (χ3n) is 6.51. The van der Waals surface area contributed by atoms with Gasteiger partial charge in [-0.05, 0) is 36.4 Å². The number of aromatic amines is 1. The van der Waals surface area contributed by atoms with Gasteiger partial charge in [0.05, 0.1) is 31.1 Å². The molecule has 0 unspecified atom stereocenters. The monoisotopic (exact) mass is 540 g/mol. The molecule has 0 spiro atoms. The van der Waals surface area contributed by atoms with E-state index in [0.717, 1.165) is 4.57 Å². The lowest BCUT2D eigenvalue weighted by molar-refractivity contribution is 0.0257. The van der Waals surface area contributed by atoms with Gasteiger partial charge in [-0.3, -0.25) is 9.78 Å². The summed E-state index contributed by atoms with van der Waals surface area (Å²) in [5, 5.41) is 1.71. The number of nitrogens with zero attached hydrogens (tertiary/aromatic N) is 3. The molecular formula is C26H19ClF2N4O3S. The summed E-state index contributed by atoms with van der Waals surface area (Å²) in [6.45, 7) is -0.160. The zero-order valence-electron chi connectivity index (χ0n) is 19.4. The van der Waals surface area contributed by atoms with Crippen molar-refractivity contribution in [3.8, 4) is 21.9 Å². The zero-order chi connectivity index (χ0) is 25.9. The van der Waals surface area contributed by atoms with E-state index in [0.29, 0.717) is 47.9 Å². The standard InChI is InChI=1S/C26H19ClF2N4O3S/c1-36-16-4-5-19(27)18(9-16)22-10-20-23(37-22)24(34)33(25(35)31-20)21-12-30-11-14-2-3-15(8-17(14)21)32-7-6-26(28,29)13-32/h2-5,8-12H,6-7,13H2,1H3,(H,31,35). The van der Waals surface area contributed by atoms with Crippen LogP contribution in [0.5, 0.6) is 5.75 Å². The number of hydrogen-bond donors (Lipinski definition) is 1. The summed E-state index contributed by atoms with van der Waals surface area (Å²) < 4.78 is 34.3. The van der Waals surface area contributed by atoms with Gasteiger partial charge in [0.25, 0.3) is 11.5 Å². The molecule has 4 heterocycles. The number of halogens is 3. The van der Waals surface area contributed by atoms with Crippen molar-refractivity contribution in [1.82, 2.24) is 14.5 Å². The SMILES string of the molecule is COc1ccc(Cl)c(-c2cc3[nH]c(=O)n(-c4cncc5ccc(N6CCC(F)(F)C6)cc45)c(=O)c3s2)c1. The summed E-state index contributed by atoms with van der Waals surface area (Å²) >= 11 is 7.60. The Morgan fingerprint density at radius 2 is 1.97 bits per heavy atom. The minimum Gasteiger partial charge on any atom is -0.497 e. The molecule has 1 aliphatic rings. The third kappa shape index (κ3) is 4.06. The molecular weight excluding hydrogens is 522 g/mol. The number of anilines is 1. The van der Waals surface area contributed by atoms with Crippen LogP contribution in [0.15, 0.2) is 64.4 Å². The number of nitrogens with one attached hydrogen (secondary N) is 1. The molecule has 0 atom stereocenters. The molecule has 37 heavy (non-hydrogen) atoms. The van der Waals surface area contributed by atoms with Crippen LogP contribution in [0, 0.1) is 0 Å². The van der Waals surface area contributed by atoms with Gasteiger partial charge in [-0.25, -0.2) is 18.1 Å². The lowest BCUT2D eigenvalue weighted by atomic mass is 10.1. The van der Waals surface area contributed by atoms with Crippen LogP contribution < -0.4 is 20.9 Å². The molecule has 11 heteroatoms. The van der Waals surface area contributed by atoms with E-state index in [2.05, 4.69) is 9.97 Å². The molecule has 0 amide bonds. The Balaban J connectivity index is 1.52. The van der Waals surface area contributed by atoms with Gasteiger partial charge in [0.1, 0.15) is 10.4 Å². The number of benzene rings is 2. The van der Waals surface area contributed by atoms with E-state index in [9.17, 15) is 18.4 Å². The number of H-pyrrole nitrogens is 1. The Bertz CT molecular complexity index is 1810. The Hall–Kier alpha value is -3.76. The van der Waals surface area contributed by atoms with E-state index in [-0.39, 0.29) is 25.2 Å². The fourth-order valence-electron chi connectivity index (χ4n) is 4.65. The van der Waals surface area contributed by atoms with E-state index in [1.165, 1.54) is 17.5 Å². The van der Waals surface area contributed by atoms with Crippen molar-refractivity contribution in [2.45, 2.75) is 12.3 Å². The van der Waals surface area contributed by atoms with Crippen LogP contribution in [-0.4, -0.2) is 40.7 Å². The molecule has 0 saturated carbocycles. The molecule has 1 aliphatic heterocycles.